The van der Waals surface area contributed by atoms with Gasteiger partial charge in [0.2, 0.25) is 5.84 Å². The number of amidine groups is 1. The van der Waals surface area contributed by atoms with E-state index in [0.717, 1.165) is 28.5 Å². The van der Waals surface area contributed by atoms with E-state index in [-0.39, 0.29) is 12.4 Å². The molecule has 5 heteroatoms. The van der Waals surface area contributed by atoms with Crippen molar-refractivity contribution in [1.29, 1.82) is 0 Å². The molecule has 2 N–H and O–H groups in total. The lowest BCUT2D eigenvalue weighted by atomic mass is 10.0. The van der Waals surface area contributed by atoms with Crippen LogP contribution in [0.5, 0.6) is 5.75 Å². The molecule has 0 fully saturated rings. The minimum Gasteiger partial charge on any atom is -1.00 e. The Bertz CT molecular complexity index is 1070. The molecule has 1 heterocycles. The van der Waals surface area contributed by atoms with Gasteiger partial charge in [0, 0.05) is 24.5 Å². The molecule has 4 rings (SSSR count). The van der Waals surface area contributed by atoms with Gasteiger partial charge in [0.1, 0.15) is 11.4 Å². The Morgan fingerprint density at radius 3 is 2.32 bits per heavy atom. The second-order valence-electron chi connectivity index (χ2n) is 6.15. The van der Waals surface area contributed by atoms with Crippen molar-refractivity contribution < 1.29 is 22.5 Å². The summed E-state index contributed by atoms with van der Waals surface area (Å²) in [6, 6.07) is 26.4. The molecule has 28 heavy (non-hydrogen) atoms. The van der Waals surface area contributed by atoms with E-state index in [2.05, 4.69) is 52.8 Å². The van der Waals surface area contributed by atoms with Crippen molar-refractivity contribution in [2.24, 2.45) is 4.99 Å². The first-order chi connectivity index (χ1) is 13.3. The van der Waals surface area contributed by atoms with Crippen LogP contribution in [-0.2, 0) is 0 Å². The molecule has 0 aliphatic heterocycles. The number of rotatable bonds is 4. The first kappa shape index (κ1) is 19.5. The lowest BCUT2D eigenvalue weighted by molar-refractivity contribution is -0.442. The highest BCUT2D eigenvalue weighted by Gasteiger charge is 2.14. The first-order valence-electron chi connectivity index (χ1n) is 8.79. The van der Waals surface area contributed by atoms with Crippen molar-refractivity contribution >= 4 is 28.0 Å². The molecule has 0 spiro atoms. The maximum atomic E-state index is 5.25. The van der Waals surface area contributed by atoms with Gasteiger partial charge in [-0.3, -0.25) is 10.3 Å². The highest BCUT2D eigenvalue weighted by Crippen LogP contribution is 2.22. The Morgan fingerprint density at radius 1 is 0.857 bits per heavy atom. The van der Waals surface area contributed by atoms with Gasteiger partial charge >= 0.3 is 0 Å². The zero-order valence-corrected chi connectivity index (χ0v) is 16.2. The van der Waals surface area contributed by atoms with Crippen LogP contribution in [0.4, 0.5) is 11.4 Å². The predicted molar refractivity (Wildman–Crippen MR) is 109 cm³/mol. The van der Waals surface area contributed by atoms with E-state index in [0.29, 0.717) is 0 Å². The molecule has 0 bridgehead atoms. The van der Waals surface area contributed by atoms with E-state index in [1.807, 2.05) is 36.4 Å². The Balaban J connectivity index is 0.00000225. The van der Waals surface area contributed by atoms with Crippen LogP contribution in [0, 0.1) is 0 Å². The van der Waals surface area contributed by atoms with Gasteiger partial charge in [-0.1, -0.05) is 36.4 Å². The molecule has 0 aliphatic rings. The fourth-order valence-electron chi connectivity index (χ4n) is 3.03. The quantitative estimate of drug-likeness (QED) is 0.421. The number of aliphatic imine (C=N–C) groups is 1. The van der Waals surface area contributed by atoms with E-state index in [1.54, 1.807) is 19.5 Å². The lowest BCUT2D eigenvalue weighted by Gasteiger charge is -2.09. The Labute approximate surface area is 170 Å². The minimum absolute atomic E-state index is 0. The van der Waals surface area contributed by atoms with Crippen molar-refractivity contribution in [3.63, 3.8) is 0 Å². The van der Waals surface area contributed by atoms with Crippen LogP contribution in [0.25, 0.3) is 10.8 Å². The summed E-state index contributed by atoms with van der Waals surface area (Å²) in [4.78, 5) is 9.04. The van der Waals surface area contributed by atoms with Crippen molar-refractivity contribution in [1.82, 2.24) is 4.98 Å². The van der Waals surface area contributed by atoms with Crippen molar-refractivity contribution in [3.8, 4) is 5.75 Å². The Kier molecular flexibility index (Phi) is 6.37. The molecule has 0 atom stereocenters. The van der Waals surface area contributed by atoms with Gasteiger partial charge in [0.15, 0.2) is 0 Å². The number of methoxy groups -OCH3 is 1. The normalized spacial score (nSPS) is 11.1. The number of hydrogen-bond donors (Lipinski definition) is 1. The molecule has 3 aromatic carbocycles. The molecule has 0 saturated heterocycles. The summed E-state index contributed by atoms with van der Waals surface area (Å²) >= 11 is 0. The topological polar surface area (TPSA) is 51.1 Å². The summed E-state index contributed by atoms with van der Waals surface area (Å²) in [5.74, 6) is 1.72. The van der Waals surface area contributed by atoms with Gasteiger partial charge in [0.05, 0.1) is 18.4 Å². The van der Waals surface area contributed by atoms with Crippen molar-refractivity contribution in [2.45, 2.75) is 0 Å². The lowest BCUT2D eigenvalue weighted by Crippen LogP contribution is -3.00. The van der Waals surface area contributed by atoms with Gasteiger partial charge in [0.25, 0.3) is 0 Å². The maximum Gasteiger partial charge on any atom is 0.237 e. The second-order valence-corrected chi connectivity index (χ2v) is 6.15. The third-order valence-electron chi connectivity index (χ3n) is 4.40. The largest absolute Gasteiger partial charge is 1.00 e. The maximum absolute atomic E-state index is 5.25. The van der Waals surface area contributed by atoms with Gasteiger partial charge in [-0.2, -0.15) is 4.99 Å². The molecule has 0 radical (unpaired) electrons. The van der Waals surface area contributed by atoms with Crippen LogP contribution in [0.1, 0.15) is 5.56 Å². The third kappa shape index (κ3) is 4.36. The van der Waals surface area contributed by atoms with Crippen molar-refractivity contribution in [2.75, 3.05) is 7.11 Å². The molecule has 140 valence electrons. The average Bonchev–Trinajstić information content (AvgIpc) is 2.74. The number of halogens is 1. The summed E-state index contributed by atoms with van der Waals surface area (Å²) in [5, 5.41) is 4.46. The summed E-state index contributed by atoms with van der Waals surface area (Å²) in [5.41, 5.74) is 3.04. The Hall–Kier alpha value is -3.21. The minimum atomic E-state index is 0. The zero-order chi connectivity index (χ0) is 18.5. The fourth-order valence-corrected chi connectivity index (χ4v) is 3.03. The summed E-state index contributed by atoms with van der Waals surface area (Å²) < 4.78 is 5.25. The number of ether oxygens (including phenoxy) is 1. The summed E-state index contributed by atoms with van der Waals surface area (Å²) in [6.07, 6.45) is 3.58. The molecular formula is C23H20ClN3O. The van der Waals surface area contributed by atoms with E-state index < -0.39 is 0 Å². The van der Waals surface area contributed by atoms with Gasteiger partial charge in [-0.25, -0.2) is 0 Å². The summed E-state index contributed by atoms with van der Waals surface area (Å²) in [7, 11) is 1.66. The highest BCUT2D eigenvalue weighted by atomic mass is 35.5. The molecule has 4 aromatic rings. The van der Waals surface area contributed by atoms with Crippen LogP contribution >= 0.6 is 0 Å². The van der Waals surface area contributed by atoms with Gasteiger partial charge in [-0.05, 0) is 41.1 Å². The van der Waals surface area contributed by atoms with Gasteiger partial charge < -0.3 is 17.1 Å². The number of pyridine rings is 1. The standard InChI is InChI=1S/C23H19N3O.ClH/c1-27-20-11-9-18(10-12-20)25-23(26-19-13-15-24-16-14-19)22-8-4-6-17-5-2-3-7-21(17)22;/h2-16H,1H3,(H,24,25,26);1H. The smallest absolute Gasteiger partial charge is 0.237 e. The molecule has 0 aliphatic carbocycles. The van der Waals surface area contributed by atoms with Crippen molar-refractivity contribution in [3.05, 3.63) is 96.8 Å². The molecule has 0 saturated carbocycles. The second kappa shape index (κ2) is 9.13. The number of benzene rings is 3. The molecule has 1 aromatic heterocycles. The number of quaternary nitrogens is 1. The molecule has 0 unspecified atom stereocenters. The van der Waals surface area contributed by atoms with E-state index >= 15 is 0 Å². The molecular weight excluding hydrogens is 370 g/mol. The number of nitrogens with two attached hydrogens (primary N) is 1. The molecule has 4 nitrogen and oxygen atoms in total. The number of hydrogen-bond acceptors (Lipinski definition) is 3. The van der Waals surface area contributed by atoms with Crippen LogP contribution in [0.15, 0.2) is 96.2 Å². The van der Waals surface area contributed by atoms with E-state index in [1.165, 1.54) is 10.8 Å². The third-order valence-corrected chi connectivity index (χ3v) is 4.40. The van der Waals surface area contributed by atoms with Crippen LogP contribution in [0.2, 0.25) is 0 Å². The zero-order valence-electron chi connectivity index (χ0n) is 15.4. The average molecular weight is 390 g/mol. The van der Waals surface area contributed by atoms with Gasteiger partial charge in [-0.15, -0.1) is 0 Å². The fraction of sp³-hybridized carbons (Fsp3) is 0.0435. The number of aromatic nitrogens is 1. The van der Waals surface area contributed by atoms with Crippen LogP contribution in [-0.4, -0.2) is 17.9 Å². The molecule has 0 amide bonds. The summed E-state index contributed by atoms with van der Waals surface area (Å²) in [6.45, 7) is 0. The van der Waals surface area contributed by atoms with Crippen LogP contribution < -0.4 is 22.5 Å². The van der Waals surface area contributed by atoms with E-state index in [4.69, 9.17) is 9.73 Å². The monoisotopic (exact) mass is 389 g/mol. The highest BCUT2D eigenvalue weighted by molar-refractivity contribution is 6.06. The SMILES string of the molecule is COc1ccc(N=C([NH2+]c2ccncc2)c2cccc3ccccc23)cc1.[Cl-]. The Morgan fingerprint density at radius 2 is 1.57 bits per heavy atom. The number of nitrogens with zero attached hydrogens (tertiary/aromatic N) is 2. The number of fused-ring (bicyclic) bond motifs is 1. The predicted octanol–water partition coefficient (Wildman–Crippen LogP) is 1.22. The first-order valence-corrected chi connectivity index (χ1v) is 8.79. The van der Waals surface area contributed by atoms with Crippen LogP contribution in [0.3, 0.4) is 0 Å². The van der Waals surface area contributed by atoms with E-state index in [9.17, 15) is 0 Å².